The summed E-state index contributed by atoms with van der Waals surface area (Å²) in [6, 6.07) is 7.80. The second-order valence-corrected chi connectivity index (χ2v) is 6.71. The van der Waals surface area contributed by atoms with Crippen LogP contribution in [-0.4, -0.2) is 48.9 Å². The molecule has 130 valence electrons. The fourth-order valence-electron chi connectivity index (χ4n) is 3.66. The van der Waals surface area contributed by atoms with Crippen LogP contribution in [0.2, 0.25) is 0 Å². The first-order valence-corrected chi connectivity index (χ1v) is 9.11. The molecule has 1 N–H and O–H groups in total. The number of nitrogens with zero attached hydrogens (tertiary/aromatic N) is 2. The van der Waals surface area contributed by atoms with Gasteiger partial charge in [0.2, 0.25) is 5.91 Å². The number of likely N-dealkylation sites (tertiary alicyclic amines) is 1. The predicted octanol–water partition coefficient (Wildman–Crippen LogP) is 2.42. The summed E-state index contributed by atoms with van der Waals surface area (Å²) in [5.41, 5.74) is 1.54. The van der Waals surface area contributed by atoms with Gasteiger partial charge in [0.1, 0.15) is 0 Å². The zero-order valence-corrected chi connectivity index (χ0v) is 14.5. The van der Waals surface area contributed by atoms with Crippen LogP contribution in [0.4, 0.5) is 5.69 Å². The van der Waals surface area contributed by atoms with Crippen molar-refractivity contribution < 1.29 is 9.59 Å². The molecule has 2 amide bonds. The molecule has 2 aliphatic heterocycles. The number of carbonyl (C=O) groups excluding carboxylic acids is 2. The van der Waals surface area contributed by atoms with Crippen LogP contribution in [0.5, 0.6) is 0 Å². The molecular formula is C19H27N3O2. The number of nitrogens with one attached hydrogen (secondary N) is 1. The van der Waals surface area contributed by atoms with E-state index >= 15 is 0 Å². The molecule has 24 heavy (non-hydrogen) atoms. The maximum atomic E-state index is 12.4. The first kappa shape index (κ1) is 17.0. The van der Waals surface area contributed by atoms with E-state index < -0.39 is 0 Å². The van der Waals surface area contributed by atoms with Crippen LogP contribution in [0.3, 0.4) is 0 Å². The van der Waals surface area contributed by atoms with Gasteiger partial charge in [-0.25, -0.2) is 0 Å². The van der Waals surface area contributed by atoms with E-state index in [1.165, 1.54) is 12.8 Å². The SMILES string of the molecule is CC[C@H](CNC(=O)c1ccc(N2CCCC2=O)cc1)N1CCCC1. The number of hydrogen-bond acceptors (Lipinski definition) is 3. The molecular weight excluding hydrogens is 302 g/mol. The minimum atomic E-state index is -0.0352. The van der Waals surface area contributed by atoms with Crippen LogP contribution in [0.1, 0.15) is 49.4 Å². The first-order chi connectivity index (χ1) is 11.7. The molecule has 2 heterocycles. The Morgan fingerprint density at radius 1 is 1.12 bits per heavy atom. The minimum absolute atomic E-state index is 0.0352. The Morgan fingerprint density at radius 2 is 1.83 bits per heavy atom. The molecule has 1 aromatic carbocycles. The van der Waals surface area contributed by atoms with Crippen LogP contribution in [-0.2, 0) is 4.79 Å². The van der Waals surface area contributed by atoms with Crippen LogP contribution in [0.15, 0.2) is 24.3 Å². The van der Waals surface area contributed by atoms with Crippen molar-refractivity contribution in [3.05, 3.63) is 29.8 Å². The highest BCUT2D eigenvalue weighted by atomic mass is 16.2. The lowest BCUT2D eigenvalue weighted by Crippen LogP contribution is -2.42. The molecule has 3 rings (SSSR count). The maximum Gasteiger partial charge on any atom is 0.251 e. The number of anilines is 1. The molecule has 1 atom stereocenters. The van der Waals surface area contributed by atoms with Crippen molar-refractivity contribution in [2.75, 3.05) is 31.1 Å². The number of rotatable bonds is 6. The average Bonchev–Trinajstić information content (AvgIpc) is 3.27. The van der Waals surface area contributed by atoms with E-state index in [0.29, 0.717) is 24.6 Å². The third-order valence-electron chi connectivity index (χ3n) is 5.14. The zero-order valence-electron chi connectivity index (χ0n) is 14.5. The monoisotopic (exact) mass is 329 g/mol. The summed E-state index contributed by atoms with van der Waals surface area (Å²) in [6.07, 6.45) is 5.12. The maximum absolute atomic E-state index is 12.4. The Bertz CT molecular complexity index is 579. The summed E-state index contributed by atoms with van der Waals surface area (Å²) in [5, 5.41) is 3.06. The molecule has 1 aromatic rings. The molecule has 0 aliphatic carbocycles. The lowest BCUT2D eigenvalue weighted by Gasteiger charge is -2.26. The van der Waals surface area contributed by atoms with Crippen molar-refractivity contribution in [2.24, 2.45) is 0 Å². The van der Waals surface area contributed by atoms with E-state index in [1.54, 1.807) is 4.90 Å². The van der Waals surface area contributed by atoms with Gasteiger partial charge in [-0.05, 0) is 63.0 Å². The Labute approximate surface area is 144 Å². The van der Waals surface area contributed by atoms with E-state index in [2.05, 4.69) is 17.1 Å². The number of benzene rings is 1. The van der Waals surface area contributed by atoms with Crippen molar-refractivity contribution in [3.8, 4) is 0 Å². The summed E-state index contributed by atoms with van der Waals surface area (Å²) in [6.45, 7) is 5.94. The van der Waals surface area contributed by atoms with Gasteiger partial charge in [0, 0.05) is 36.8 Å². The van der Waals surface area contributed by atoms with Gasteiger partial charge < -0.3 is 10.2 Å². The molecule has 5 heteroatoms. The fourth-order valence-corrected chi connectivity index (χ4v) is 3.66. The highest BCUT2D eigenvalue weighted by Crippen LogP contribution is 2.21. The van der Waals surface area contributed by atoms with Gasteiger partial charge in [0.15, 0.2) is 0 Å². The standard InChI is InChI=1S/C19H27N3O2/c1-2-16(21-11-3-4-12-21)14-20-19(24)15-7-9-17(10-8-15)22-13-5-6-18(22)23/h7-10,16H,2-6,11-14H2,1H3,(H,20,24)/t16-/m1/s1. The summed E-state index contributed by atoms with van der Waals surface area (Å²) in [7, 11) is 0. The Kier molecular flexibility index (Phi) is 5.51. The summed E-state index contributed by atoms with van der Waals surface area (Å²) in [4.78, 5) is 28.4. The van der Waals surface area contributed by atoms with Crippen LogP contribution < -0.4 is 10.2 Å². The Balaban J connectivity index is 1.55. The predicted molar refractivity (Wildman–Crippen MR) is 95.2 cm³/mol. The van der Waals surface area contributed by atoms with Gasteiger partial charge in [0.05, 0.1) is 0 Å². The minimum Gasteiger partial charge on any atom is -0.350 e. The fraction of sp³-hybridized carbons (Fsp3) is 0.579. The molecule has 0 saturated carbocycles. The smallest absolute Gasteiger partial charge is 0.251 e. The van der Waals surface area contributed by atoms with Gasteiger partial charge >= 0.3 is 0 Å². The molecule has 2 saturated heterocycles. The summed E-state index contributed by atoms with van der Waals surface area (Å²) in [5.74, 6) is 0.135. The first-order valence-electron chi connectivity index (χ1n) is 9.11. The molecule has 0 spiro atoms. The van der Waals surface area contributed by atoms with Crippen LogP contribution in [0.25, 0.3) is 0 Å². The lowest BCUT2D eigenvalue weighted by molar-refractivity contribution is -0.117. The molecule has 0 bridgehead atoms. The van der Waals surface area contributed by atoms with E-state index in [-0.39, 0.29) is 11.8 Å². The van der Waals surface area contributed by atoms with Gasteiger partial charge in [-0.15, -0.1) is 0 Å². The largest absolute Gasteiger partial charge is 0.350 e. The van der Waals surface area contributed by atoms with E-state index in [1.807, 2.05) is 24.3 Å². The molecule has 5 nitrogen and oxygen atoms in total. The summed E-state index contributed by atoms with van der Waals surface area (Å²) >= 11 is 0. The van der Waals surface area contributed by atoms with E-state index in [9.17, 15) is 9.59 Å². The lowest BCUT2D eigenvalue weighted by atomic mass is 10.1. The van der Waals surface area contributed by atoms with E-state index in [4.69, 9.17) is 0 Å². The van der Waals surface area contributed by atoms with Crippen LogP contribution >= 0.6 is 0 Å². The second-order valence-electron chi connectivity index (χ2n) is 6.71. The third-order valence-corrected chi connectivity index (χ3v) is 5.14. The quantitative estimate of drug-likeness (QED) is 0.872. The highest BCUT2D eigenvalue weighted by molar-refractivity contribution is 5.97. The molecule has 0 radical (unpaired) electrons. The normalized spacial score (nSPS) is 19.7. The third kappa shape index (κ3) is 3.78. The average molecular weight is 329 g/mol. The summed E-state index contributed by atoms with van der Waals surface area (Å²) < 4.78 is 0. The van der Waals surface area contributed by atoms with Gasteiger partial charge in [-0.3, -0.25) is 14.5 Å². The van der Waals surface area contributed by atoms with Gasteiger partial charge in [0.25, 0.3) is 5.91 Å². The molecule has 2 fully saturated rings. The zero-order chi connectivity index (χ0) is 16.9. The highest BCUT2D eigenvalue weighted by Gasteiger charge is 2.23. The van der Waals surface area contributed by atoms with E-state index in [0.717, 1.165) is 38.2 Å². The van der Waals surface area contributed by atoms with Crippen molar-refractivity contribution >= 4 is 17.5 Å². The van der Waals surface area contributed by atoms with Crippen LogP contribution in [0, 0.1) is 0 Å². The number of amides is 2. The van der Waals surface area contributed by atoms with Gasteiger partial charge in [-0.1, -0.05) is 6.92 Å². The topological polar surface area (TPSA) is 52.7 Å². The second kappa shape index (κ2) is 7.79. The molecule has 0 aromatic heterocycles. The number of carbonyl (C=O) groups is 2. The van der Waals surface area contributed by atoms with Crippen molar-refractivity contribution in [1.82, 2.24) is 10.2 Å². The number of hydrogen-bond donors (Lipinski definition) is 1. The van der Waals surface area contributed by atoms with Crippen molar-refractivity contribution in [3.63, 3.8) is 0 Å². The van der Waals surface area contributed by atoms with Crippen molar-refractivity contribution in [1.29, 1.82) is 0 Å². The Morgan fingerprint density at radius 3 is 2.42 bits per heavy atom. The van der Waals surface area contributed by atoms with Gasteiger partial charge in [-0.2, -0.15) is 0 Å². The Hall–Kier alpha value is -1.88. The molecule has 2 aliphatic rings. The molecule has 0 unspecified atom stereocenters. The van der Waals surface area contributed by atoms with Crippen molar-refractivity contribution in [2.45, 2.75) is 45.1 Å².